The Kier molecular flexibility index (Phi) is 6.50. The van der Waals surface area contributed by atoms with E-state index in [-0.39, 0.29) is 10.5 Å². The second-order valence-corrected chi connectivity index (χ2v) is 8.39. The number of benzene rings is 2. The highest BCUT2D eigenvalue weighted by molar-refractivity contribution is 7.89. The van der Waals surface area contributed by atoms with Gasteiger partial charge in [0.2, 0.25) is 10.0 Å². The smallest absolute Gasteiger partial charge is 0.271 e. The first-order valence-electron chi connectivity index (χ1n) is 9.11. The molecule has 9 heteroatoms. The molecule has 0 atom stereocenters. The van der Waals surface area contributed by atoms with Crippen molar-refractivity contribution < 1.29 is 22.7 Å². The van der Waals surface area contributed by atoms with Crippen molar-refractivity contribution in [3.63, 3.8) is 0 Å². The van der Waals surface area contributed by atoms with Gasteiger partial charge in [-0.3, -0.25) is 4.79 Å². The quantitative estimate of drug-likeness (QED) is 0.551. The number of ether oxygens (including phenoxy) is 2. The molecule has 1 aliphatic rings. The van der Waals surface area contributed by atoms with Crippen LogP contribution in [-0.4, -0.2) is 52.2 Å². The van der Waals surface area contributed by atoms with Crippen molar-refractivity contribution in [1.29, 1.82) is 0 Å². The van der Waals surface area contributed by atoms with E-state index in [9.17, 15) is 13.2 Å². The highest BCUT2D eigenvalue weighted by Gasteiger charge is 2.27. The van der Waals surface area contributed by atoms with Crippen LogP contribution in [0.2, 0.25) is 0 Å². The van der Waals surface area contributed by atoms with Gasteiger partial charge in [0, 0.05) is 18.7 Å². The third-order valence-corrected chi connectivity index (χ3v) is 6.48. The third kappa shape index (κ3) is 4.75. The number of rotatable bonds is 7. The lowest BCUT2D eigenvalue weighted by Gasteiger charge is -2.15. The number of nitrogens with one attached hydrogen (secondary N) is 1. The number of hydrogen-bond donors (Lipinski definition) is 1. The molecule has 2 aromatic carbocycles. The summed E-state index contributed by atoms with van der Waals surface area (Å²) in [6.45, 7) is 1.02. The number of carbonyl (C=O) groups is 1. The third-order valence-electron chi connectivity index (χ3n) is 4.59. The molecule has 0 radical (unpaired) electrons. The molecule has 1 heterocycles. The van der Waals surface area contributed by atoms with Crippen LogP contribution in [0.3, 0.4) is 0 Å². The Morgan fingerprint density at radius 2 is 1.79 bits per heavy atom. The average molecular weight is 417 g/mol. The first-order valence-corrected chi connectivity index (χ1v) is 10.6. The molecule has 1 fully saturated rings. The van der Waals surface area contributed by atoms with E-state index >= 15 is 0 Å². The SMILES string of the molecule is COc1ccc(C=NNC(=O)c2cccc(S(=O)(=O)N3CCCC3)c2)cc1OC. The number of methoxy groups -OCH3 is 2. The van der Waals surface area contributed by atoms with E-state index in [1.54, 1.807) is 37.4 Å². The van der Waals surface area contributed by atoms with Crippen molar-refractivity contribution >= 4 is 22.1 Å². The number of amides is 1. The Morgan fingerprint density at radius 3 is 2.48 bits per heavy atom. The molecule has 8 nitrogen and oxygen atoms in total. The number of hydrogen-bond acceptors (Lipinski definition) is 6. The van der Waals surface area contributed by atoms with Crippen LogP contribution < -0.4 is 14.9 Å². The predicted molar refractivity (Wildman–Crippen MR) is 109 cm³/mol. The predicted octanol–water partition coefficient (Wildman–Crippen LogP) is 2.25. The average Bonchev–Trinajstić information content (AvgIpc) is 3.29. The van der Waals surface area contributed by atoms with Crippen molar-refractivity contribution in [2.45, 2.75) is 17.7 Å². The molecule has 0 spiro atoms. The van der Waals surface area contributed by atoms with Gasteiger partial charge in [0.05, 0.1) is 25.3 Å². The fourth-order valence-corrected chi connectivity index (χ4v) is 4.60. The summed E-state index contributed by atoms with van der Waals surface area (Å²) < 4.78 is 37.2. The Morgan fingerprint density at radius 1 is 1.07 bits per heavy atom. The van der Waals surface area contributed by atoms with E-state index in [0.717, 1.165) is 12.8 Å². The molecule has 2 aromatic rings. The highest BCUT2D eigenvalue weighted by atomic mass is 32.2. The molecule has 1 saturated heterocycles. The lowest BCUT2D eigenvalue weighted by molar-refractivity contribution is 0.0955. The van der Waals surface area contributed by atoms with Crippen LogP contribution in [0.4, 0.5) is 0 Å². The van der Waals surface area contributed by atoms with Crippen molar-refractivity contribution in [2.24, 2.45) is 5.10 Å². The molecular weight excluding hydrogens is 394 g/mol. The van der Waals surface area contributed by atoms with Crippen LogP contribution in [0, 0.1) is 0 Å². The minimum absolute atomic E-state index is 0.107. The second kappa shape index (κ2) is 9.06. The van der Waals surface area contributed by atoms with Gasteiger partial charge in [-0.15, -0.1) is 0 Å². The molecule has 0 saturated carbocycles. The standard InChI is InChI=1S/C20H23N3O5S/c1-27-18-9-8-15(12-19(18)28-2)14-21-22-20(24)16-6-5-7-17(13-16)29(25,26)23-10-3-4-11-23/h5-9,12-14H,3-4,10-11H2,1-2H3,(H,22,24). The Balaban J connectivity index is 1.71. The summed E-state index contributed by atoms with van der Waals surface area (Å²) >= 11 is 0. The largest absolute Gasteiger partial charge is 0.493 e. The van der Waals surface area contributed by atoms with Gasteiger partial charge in [-0.05, 0) is 54.8 Å². The molecule has 0 unspecified atom stereocenters. The summed E-state index contributed by atoms with van der Waals surface area (Å²) in [5, 5.41) is 3.94. The minimum atomic E-state index is -3.58. The van der Waals surface area contributed by atoms with Crippen molar-refractivity contribution in [3.05, 3.63) is 53.6 Å². The zero-order chi connectivity index (χ0) is 20.9. The van der Waals surface area contributed by atoms with Crippen LogP contribution in [-0.2, 0) is 10.0 Å². The van der Waals surface area contributed by atoms with E-state index in [4.69, 9.17) is 9.47 Å². The van der Waals surface area contributed by atoms with E-state index in [1.807, 2.05) is 0 Å². The minimum Gasteiger partial charge on any atom is -0.493 e. The van der Waals surface area contributed by atoms with Gasteiger partial charge in [0.25, 0.3) is 5.91 Å². The molecule has 0 aliphatic carbocycles. The molecular formula is C20H23N3O5S. The van der Waals surface area contributed by atoms with E-state index in [0.29, 0.717) is 30.2 Å². The second-order valence-electron chi connectivity index (χ2n) is 6.45. The van der Waals surface area contributed by atoms with E-state index in [2.05, 4.69) is 10.5 Å². The zero-order valence-electron chi connectivity index (χ0n) is 16.3. The summed E-state index contributed by atoms with van der Waals surface area (Å²) in [6, 6.07) is 11.2. The van der Waals surface area contributed by atoms with Gasteiger partial charge in [0.15, 0.2) is 11.5 Å². The molecule has 0 aromatic heterocycles. The summed E-state index contributed by atoms with van der Waals surface area (Å²) in [5.41, 5.74) is 3.33. The van der Waals surface area contributed by atoms with Gasteiger partial charge < -0.3 is 9.47 Å². The lowest BCUT2D eigenvalue weighted by atomic mass is 10.2. The highest BCUT2D eigenvalue weighted by Crippen LogP contribution is 2.27. The topological polar surface area (TPSA) is 97.3 Å². The van der Waals surface area contributed by atoms with Crippen LogP contribution in [0.25, 0.3) is 0 Å². The molecule has 154 valence electrons. The van der Waals surface area contributed by atoms with Crippen LogP contribution in [0.15, 0.2) is 52.5 Å². The van der Waals surface area contributed by atoms with Gasteiger partial charge in [-0.25, -0.2) is 13.8 Å². The Bertz CT molecular complexity index is 1010. The summed E-state index contributed by atoms with van der Waals surface area (Å²) in [4.78, 5) is 12.5. The van der Waals surface area contributed by atoms with Gasteiger partial charge >= 0.3 is 0 Å². The monoisotopic (exact) mass is 417 g/mol. The van der Waals surface area contributed by atoms with Crippen molar-refractivity contribution in [1.82, 2.24) is 9.73 Å². The fraction of sp³-hybridized carbons (Fsp3) is 0.300. The van der Waals surface area contributed by atoms with Crippen LogP contribution >= 0.6 is 0 Å². The lowest BCUT2D eigenvalue weighted by Crippen LogP contribution is -2.28. The molecule has 0 bridgehead atoms. The number of carbonyl (C=O) groups excluding carboxylic acids is 1. The number of hydrazone groups is 1. The maximum atomic E-state index is 12.7. The summed E-state index contributed by atoms with van der Waals surface area (Å²) in [5.74, 6) is 0.632. The van der Waals surface area contributed by atoms with Crippen molar-refractivity contribution in [2.75, 3.05) is 27.3 Å². The normalized spacial score (nSPS) is 14.8. The molecule has 3 rings (SSSR count). The summed E-state index contributed by atoms with van der Waals surface area (Å²) in [6.07, 6.45) is 3.17. The molecule has 1 amide bonds. The molecule has 29 heavy (non-hydrogen) atoms. The van der Waals surface area contributed by atoms with E-state index < -0.39 is 15.9 Å². The Labute approximate surface area is 170 Å². The maximum absolute atomic E-state index is 12.7. The number of sulfonamides is 1. The van der Waals surface area contributed by atoms with Crippen molar-refractivity contribution in [3.8, 4) is 11.5 Å². The fourth-order valence-electron chi connectivity index (χ4n) is 3.04. The number of nitrogens with zero attached hydrogens (tertiary/aromatic N) is 2. The van der Waals surface area contributed by atoms with Crippen LogP contribution in [0.1, 0.15) is 28.8 Å². The first kappa shape index (κ1) is 20.8. The summed E-state index contributed by atoms with van der Waals surface area (Å²) in [7, 11) is -0.506. The van der Waals surface area contributed by atoms with Gasteiger partial charge in [0.1, 0.15) is 0 Å². The Hall–Kier alpha value is -2.91. The first-order chi connectivity index (χ1) is 14.0. The molecule has 1 N–H and O–H groups in total. The molecule has 1 aliphatic heterocycles. The van der Waals surface area contributed by atoms with E-state index in [1.165, 1.54) is 29.8 Å². The zero-order valence-corrected chi connectivity index (χ0v) is 17.1. The van der Waals surface area contributed by atoms with Gasteiger partial charge in [-0.2, -0.15) is 9.41 Å². The van der Waals surface area contributed by atoms with Crippen LogP contribution in [0.5, 0.6) is 11.5 Å². The maximum Gasteiger partial charge on any atom is 0.271 e. The van der Waals surface area contributed by atoms with Gasteiger partial charge in [-0.1, -0.05) is 6.07 Å².